The smallest absolute Gasteiger partial charge is 0.220 e. The molecule has 1 fully saturated rings. The van der Waals surface area contributed by atoms with Gasteiger partial charge in [0.1, 0.15) is 0 Å². The van der Waals surface area contributed by atoms with Crippen LogP contribution in [0.1, 0.15) is 31.7 Å². The topological polar surface area (TPSA) is 64.4 Å². The van der Waals surface area contributed by atoms with E-state index >= 15 is 0 Å². The van der Waals surface area contributed by atoms with E-state index in [2.05, 4.69) is 12.2 Å². The summed E-state index contributed by atoms with van der Waals surface area (Å²) in [6.45, 7) is 4.57. The lowest BCUT2D eigenvalue weighted by Crippen LogP contribution is -2.39. The molecule has 20 heavy (non-hydrogen) atoms. The second-order valence-electron chi connectivity index (χ2n) is 5.94. The summed E-state index contributed by atoms with van der Waals surface area (Å²) in [5.41, 5.74) is 7.73. The number of anilines is 1. The number of amides is 1. The third-order valence-corrected chi connectivity index (χ3v) is 4.03. The standard InChI is InChI=1S/C16H24N2O2/c1-16(8-10-20-11-9-16)12-18-15(19)7-4-13-2-5-14(17)6-3-13/h2-3,5-6H,4,7-12,17H2,1H3,(H,18,19). The van der Waals surface area contributed by atoms with Gasteiger partial charge in [0.15, 0.2) is 0 Å². The van der Waals surface area contributed by atoms with Gasteiger partial charge in [-0.2, -0.15) is 0 Å². The summed E-state index contributed by atoms with van der Waals surface area (Å²) in [5.74, 6) is 0.120. The SMILES string of the molecule is CC1(CNC(=O)CCc2ccc(N)cc2)CCOCC1. The number of benzene rings is 1. The lowest BCUT2D eigenvalue weighted by atomic mass is 9.82. The van der Waals surface area contributed by atoms with Crippen LogP contribution >= 0.6 is 0 Å². The Balaban J connectivity index is 1.71. The van der Waals surface area contributed by atoms with E-state index in [4.69, 9.17) is 10.5 Å². The molecule has 0 radical (unpaired) electrons. The third-order valence-electron chi connectivity index (χ3n) is 4.03. The van der Waals surface area contributed by atoms with Crippen LogP contribution in [-0.4, -0.2) is 25.7 Å². The fourth-order valence-electron chi connectivity index (χ4n) is 2.38. The van der Waals surface area contributed by atoms with Crippen molar-refractivity contribution < 1.29 is 9.53 Å². The van der Waals surface area contributed by atoms with Gasteiger partial charge < -0.3 is 15.8 Å². The average Bonchev–Trinajstić information content (AvgIpc) is 2.45. The third kappa shape index (κ3) is 4.53. The molecule has 0 atom stereocenters. The number of hydrogen-bond donors (Lipinski definition) is 2. The highest BCUT2D eigenvalue weighted by Crippen LogP contribution is 2.28. The zero-order chi connectivity index (χ0) is 14.4. The lowest BCUT2D eigenvalue weighted by molar-refractivity contribution is -0.121. The van der Waals surface area contributed by atoms with Crippen molar-refractivity contribution in [3.05, 3.63) is 29.8 Å². The van der Waals surface area contributed by atoms with Gasteiger partial charge in [-0.3, -0.25) is 4.79 Å². The molecule has 0 bridgehead atoms. The first-order valence-corrected chi connectivity index (χ1v) is 7.26. The van der Waals surface area contributed by atoms with Gasteiger partial charge in [-0.05, 0) is 42.4 Å². The summed E-state index contributed by atoms with van der Waals surface area (Å²) < 4.78 is 5.36. The van der Waals surface area contributed by atoms with Gasteiger partial charge >= 0.3 is 0 Å². The van der Waals surface area contributed by atoms with E-state index in [9.17, 15) is 4.79 Å². The maximum Gasteiger partial charge on any atom is 0.220 e. The minimum atomic E-state index is 0.120. The molecule has 1 aromatic carbocycles. The molecule has 2 rings (SSSR count). The largest absolute Gasteiger partial charge is 0.399 e. The molecule has 4 nitrogen and oxygen atoms in total. The van der Waals surface area contributed by atoms with Crippen LogP contribution in [0, 0.1) is 5.41 Å². The number of nitrogens with two attached hydrogens (primary N) is 1. The minimum Gasteiger partial charge on any atom is -0.399 e. The molecular formula is C16H24N2O2. The van der Waals surface area contributed by atoms with Crippen molar-refractivity contribution in [3.8, 4) is 0 Å². The van der Waals surface area contributed by atoms with E-state index in [1.54, 1.807) is 0 Å². The Hall–Kier alpha value is -1.55. The molecular weight excluding hydrogens is 252 g/mol. The number of hydrogen-bond acceptors (Lipinski definition) is 3. The first kappa shape index (κ1) is 14.9. The number of nitrogens with one attached hydrogen (secondary N) is 1. The van der Waals surface area contributed by atoms with E-state index in [1.165, 1.54) is 0 Å². The number of ether oxygens (including phenoxy) is 1. The zero-order valence-corrected chi connectivity index (χ0v) is 12.2. The van der Waals surface area contributed by atoms with Gasteiger partial charge in [0.25, 0.3) is 0 Å². The molecule has 1 heterocycles. The number of rotatable bonds is 5. The molecule has 1 aliphatic rings. The van der Waals surface area contributed by atoms with Crippen LogP contribution in [0.3, 0.4) is 0 Å². The van der Waals surface area contributed by atoms with Crippen LogP contribution in [0.25, 0.3) is 0 Å². The highest BCUT2D eigenvalue weighted by Gasteiger charge is 2.27. The predicted molar refractivity (Wildman–Crippen MR) is 80.3 cm³/mol. The van der Waals surface area contributed by atoms with Crippen molar-refractivity contribution in [2.75, 3.05) is 25.5 Å². The molecule has 4 heteroatoms. The highest BCUT2D eigenvalue weighted by atomic mass is 16.5. The first-order valence-electron chi connectivity index (χ1n) is 7.26. The van der Waals surface area contributed by atoms with E-state index in [1.807, 2.05) is 24.3 Å². The molecule has 0 saturated carbocycles. The van der Waals surface area contributed by atoms with Crippen molar-refractivity contribution in [3.63, 3.8) is 0 Å². The van der Waals surface area contributed by atoms with Crippen molar-refractivity contribution >= 4 is 11.6 Å². The van der Waals surface area contributed by atoms with E-state index in [-0.39, 0.29) is 11.3 Å². The van der Waals surface area contributed by atoms with Crippen molar-refractivity contribution in [1.82, 2.24) is 5.32 Å². The van der Waals surface area contributed by atoms with Crippen molar-refractivity contribution in [1.29, 1.82) is 0 Å². The molecule has 1 saturated heterocycles. The summed E-state index contributed by atoms with van der Waals surface area (Å²) >= 11 is 0. The molecule has 1 amide bonds. The van der Waals surface area contributed by atoms with Crippen LogP contribution in [0.2, 0.25) is 0 Å². The Bertz CT molecular complexity index is 436. The monoisotopic (exact) mass is 276 g/mol. The first-order chi connectivity index (χ1) is 9.57. The van der Waals surface area contributed by atoms with E-state index in [0.717, 1.165) is 50.3 Å². The molecule has 1 aliphatic heterocycles. The second kappa shape index (κ2) is 6.75. The predicted octanol–water partition coefficient (Wildman–Crippen LogP) is 2.13. The average molecular weight is 276 g/mol. The van der Waals surface area contributed by atoms with Crippen molar-refractivity contribution in [2.45, 2.75) is 32.6 Å². The van der Waals surface area contributed by atoms with Gasteiger partial charge in [-0.1, -0.05) is 19.1 Å². The van der Waals surface area contributed by atoms with Gasteiger partial charge in [-0.25, -0.2) is 0 Å². The zero-order valence-electron chi connectivity index (χ0n) is 12.2. The highest BCUT2D eigenvalue weighted by molar-refractivity contribution is 5.76. The number of aryl methyl sites for hydroxylation is 1. The van der Waals surface area contributed by atoms with Gasteiger partial charge in [0.2, 0.25) is 5.91 Å². The minimum absolute atomic E-state index is 0.120. The normalized spacial score (nSPS) is 17.6. The summed E-state index contributed by atoms with van der Waals surface area (Å²) in [6.07, 6.45) is 3.32. The second-order valence-corrected chi connectivity index (χ2v) is 5.94. The number of carbonyl (C=O) groups excluding carboxylic acids is 1. The van der Waals surface area contributed by atoms with Crippen molar-refractivity contribution in [2.24, 2.45) is 5.41 Å². The molecule has 1 aromatic rings. The maximum absolute atomic E-state index is 11.9. The van der Waals surface area contributed by atoms with Gasteiger partial charge in [0, 0.05) is 31.9 Å². The molecule has 0 spiro atoms. The van der Waals surface area contributed by atoms with Crippen LogP contribution in [-0.2, 0) is 16.0 Å². The Labute approximate surface area is 120 Å². The molecule has 110 valence electrons. The summed E-state index contributed by atoms with van der Waals surface area (Å²) in [6, 6.07) is 7.69. The fraction of sp³-hybridized carbons (Fsp3) is 0.562. The van der Waals surface area contributed by atoms with Gasteiger partial charge in [0.05, 0.1) is 0 Å². The Morgan fingerprint density at radius 3 is 2.60 bits per heavy atom. The fourth-order valence-corrected chi connectivity index (χ4v) is 2.38. The number of carbonyl (C=O) groups is 1. The number of nitrogen functional groups attached to an aromatic ring is 1. The Morgan fingerprint density at radius 2 is 1.95 bits per heavy atom. The van der Waals surface area contributed by atoms with Crippen LogP contribution in [0.4, 0.5) is 5.69 Å². The van der Waals surface area contributed by atoms with Crippen LogP contribution in [0.5, 0.6) is 0 Å². The van der Waals surface area contributed by atoms with Crippen LogP contribution < -0.4 is 11.1 Å². The van der Waals surface area contributed by atoms with E-state index < -0.39 is 0 Å². The Kier molecular flexibility index (Phi) is 5.01. The lowest BCUT2D eigenvalue weighted by Gasteiger charge is -2.33. The molecule has 0 unspecified atom stereocenters. The summed E-state index contributed by atoms with van der Waals surface area (Å²) in [7, 11) is 0. The molecule has 0 aromatic heterocycles. The van der Waals surface area contributed by atoms with Crippen LogP contribution in [0.15, 0.2) is 24.3 Å². The Morgan fingerprint density at radius 1 is 1.30 bits per heavy atom. The molecule has 3 N–H and O–H groups in total. The summed E-state index contributed by atoms with van der Waals surface area (Å²) in [4.78, 5) is 11.9. The van der Waals surface area contributed by atoms with E-state index in [0.29, 0.717) is 6.42 Å². The van der Waals surface area contributed by atoms with Gasteiger partial charge in [-0.15, -0.1) is 0 Å². The quantitative estimate of drug-likeness (QED) is 0.810. The maximum atomic E-state index is 11.9. The molecule has 0 aliphatic carbocycles. The summed E-state index contributed by atoms with van der Waals surface area (Å²) in [5, 5.41) is 3.06.